The second-order valence-electron chi connectivity index (χ2n) is 4.89. The van der Waals surface area contributed by atoms with Gasteiger partial charge in [0.1, 0.15) is 5.54 Å². The molecule has 1 heterocycles. The summed E-state index contributed by atoms with van der Waals surface area (Å²) in [5.74, 6) is 0. The molecule has 1 unspecified atom stereocenters. The van der Waals surface area contributed by atoms with Crippen LogP contribution in [0.1, 0.15) is 32.6 Å². The molecule has 1 fully saturated rings. The highest BCUT2D eigenvalue weighted by Gasteiger charge is 2.31. The van der Waals surface area contributed by atoms with E-state index in [1.54, 1.807) is 0 Å². The summed E-state index contributed by atoms with van der Waals surface area (Å²) >= 11 is 2.25. The fourth-order valence-corrected chi connectivity index (χ4v) is 2.34. The van der Waals surface area contributed by atoms with Crippen molar-refractivity contribution in [1.82, 2.24) is 15.1 Å². The maximum atomic E-state index is 9.23. The van der Waals surface area contributed by atoms with Crippen molar-refractivity contribution in [3.8, 4) is 6.07 Å². The number of hydrogen-bond acceptors (Lipinski definition) is 3. The quantitative estimate of drug-likeness (QED) is 0.806. The molecule has 1 N–H and O–H groups in total. The monoisotopic (exact) mass is 344 g/mol. The molecule has 0 aliphatic heterocycles. The summed E-state index contributed by atoms with van der Waals surface area (Å²) in [7, 11) is 0. The molecule has 92 valence electrons. The maximum Gasteiger partial charge on any atom is 0.104 e. The molecule has 0 radical (unpaired) electrons. The number of aryl methyl sites for hydroxylation is 1. The molecule has 1 aromatic rings. The number of hydrogen-bond donors (Lipinski definition) is 1. The van der Waals surface area contributed by atoms with Gasteiger partial charge in [0.2, 0.25) is 0 Å². The second kappa shape index (κ2) is 5.36. The van der Waals surface area contributed by atoms with Crippen molar-refractivity contribution in [1.29, 1.82) is 5.26 Å². The van der Waals surface area contributed by atoms with E-state index in [-0.39, 0.29) is 5.54 Å². The summed E-state index contributed by atoms with van der Waals surface area (Å²) < 4.78 is 3.10. The van der Waals surface area contributed by atoms with Gasteiger partial charge in [-0.2, -0.15) is 10.4 Å². The Kier molecular flexibility index (Phi) is 4.05. The Balaban J connectivity index is 1.77. The first kappa shape index (κ1) is 12.8. The average molecular weight is 344 g/mol. The van der Waals surface area contributed by atoms with Crippen molar-refractivity contribution in [2.45, 2.75) is 50.7 Å². The first-order valence-electron chi connectivity index (χ1n) is 5.98. The number of halogens is 1. The molecule has 0 aromatic carbocycles. The molecule has 1 aromatic heterocycles. The summed E-state index contributed by atoms with van der Waals surface area (Å²) in [6.45, 7) is 2.88. The lowest BCUT2D eigenvalue weighted by molar-refractivity contribution is 0.386. The first-order chi connectivity index (χ1) is 8.11. The minimum absolute atomic E-state index is 0.374. The molecular formula is C12H17IN4. The van der Waals surface area contributed by atoms with Gasteiger partial charge < -0.3 is 0 Å². The predicted molar refractivity (Wildman–Crippen MR) is 74.4 cm³/mol. The van der Waals surface area contributed by atoms with Gasteiger partial charge in [0.25, 0.3) is 0 Å². The van der Waals surface area contributed by atoms with Crippen LogP contribution >= 0.6 is 22.6 Å². The average Bonchev–Trinajstić information content (AvgIpc) is 3.00. The van der Waals surface area contributed by atoms with Crippen molar-refractivity contribution in [2.24, 2.45) is 0 Å². The van der Waals surface area contributed by atoms with Gasteiger partial charge >= 0.3 is 0 Å². The Morgan fingerprint density at radius 1 is 1.71 bits per heavy atom. The highest BCUT2D eigenvalue weighted by molar-refractivity contribution is 14.1. The van der Waals surface area contributed by atoms with Crippen LogP contribution in [-0.4, -0.2) is 21.4 Å². The normalized spacial score (nSPS) is 18.6. The SMILES string of the molecule is CC(C#N)(CCCn1cc(I)cn1)NC1CC1. The third-order valence-corrected chi connectivity index (χ3v) is 3.57. The van der Waals surface area contributed by atoms with Gasteiger partial charge in [0.15, 0.2) is 0 Å². The van der Waals surface area contributed by atoms with Crippen LogP contribution in [0.3, 0.4) is 0 Å². The van der Waals surface area contributed by atoms with E-state index in [0.717, 1.165) is 23.0 Å². The van der Waals surface area contributed by atoms with Crippen molar-refractivity contribution in [2.75, 3.05) is 0 Å². The van der Waals surface area contributed by atoms with E-state index in [0.29, 0.717) is 6.04 Å². The number of rotatable bonds is 6. The molecule has 1 aliphatic rings. The van der Waals surface area contributed by atoms with Crippen LogP contribution in [0.5, 0.6) is 0 Å². The summed E-state index contributed by atoms with van der Waals surface area (Å²) in [6, 6.07) is 2.97. The molecule has 4 nitrogen and oxygen atoms in total. The van der Waals surface area contributed by atoms with Crippen LogP contribution in [-0.2, 0) is 6.54 Å². The molecule has 0 saturated heterocycles. The van der Waals surface area contributed by atoms with Crippen molar-refractivity contribution < 1.29 is 0 Å². The van der Waals surface area contributed by atoms with Gasteiger partial charge in [-0.1, -0.05) is 0 Å². The van der Waals surface area contributed by atoms with E-state index in [1.807, 2.05) is 24.0 Å². The van der Waals surface area contributed by atoms with Crippen LogP contribution in [0.2, 0.25) is 0 Å². The zero-order valence-electron chi connectivity index (χ0n) is 9.99. The van der Waals surface area contributed by atoms with Crippen LogP contribution in [0.25, 0.3) is 0 Å². The number of nitrogens with zero attached hydrogens (tertiary/aromatic N) is 3. The maximum absolute atomic E-state index is 9.23. The van der Waals surface area contributed by atoms with Gasteiger partial charge in [-0.3, -0.25) is 10.00 Å². The number of nitriles is 1. The lowest BCUT2D eigenvalue weighted by atomic mass is 9.97. The molecule has 5 heteroatoms. The molecule has 0 spiro atoms. The molecule has 1 saturated carbocycles. The minimum atomic E-state index is -0.374. The van der Waals surface area contributed by atoms with E-state index in [1.165, 1.54) is 12.8 Å². The zero-order chi connectivity index (χ0) is 12.3. The Morgan fingerprint density at radius 2 is 2.47 bits per heavy atom. The van der Waals surface area contributed by atoms with Gasteiger partial charge in [-0.25, -0.2) is 0 Å². The highest BCUT2D eigenvalue weighted by Crippen LogP contribution is 2.24. The van der Waals surface area contributed by atoms with Gasteiger partial charge in [-0.05, 0) is 55.2 Å². The third-order valence-electron chi connectivity index (χ3n) is 3.01. The van der Waals surface area contributed by atoms with Gasteiger partial charge in [0, 0.05) is 18.8 Å². The lowest BCUT2D eigenvalue weighted by Gasteiger charge is -2.23. The molecule has 17 heavy (non-hydrogen) atoms. The zero-order valence-corrected chi connectivity index (χ0v) is 12.1. The smallest absolute Gasteiger partial charge is 0.104 e. The third kappa shape index (κ3) is 3.96. The Labute approximate surface area is 116 Å². The summed E-state index contributed by atoms with van der Waals surface area (Å²) in [6.07, 6.45) is 8.16. The van der Waals surface area contributed by atoms with Crippen LogP contribution in [0.4, 0.5) is 0 Å². The van der Waals surface area contributed by atoms with E-state index >= 15 is 0 Å². The number of aromatic nitrogens is 2. The molecule has 1 aliphatic carbocycles. The molecule has 2 rings (SSSR count). The molecular weight excluding hydrogens is 327 g/mol. The van der Waals surface area contributed by atoms with Gasteiger partial charge in [-0.15, -0.1) is 0 Å². The Morgan fingerprint density at radius 3 is 3.00 bits per heavy atom. The van der Waals surface area contributed by atoms with Crippen molar-refractivity contribution in [3.05, 3.63) is 16.0 Å². The summed E-state index contributed by atoms with van der Waals surface area (Å²) in [5, 5.41) is 16.9. The van der Waals surface area contributed by atoms with Crippen molar-refractivity contribution in [3.63, 3.8) is 0 Å². The van der Waals surface area contributed by atoms with Crippen LogP contribution < -0.4 is 5.32 Å². The van der Waals surface area contributed by atoms with E-state index in [4.69, 9.17) is 0 Å². The topological polar surface area (TPSA) is 53.6 Å². The lowest BCUT2D eigenvalue weighted by Crippen LogP contribution is -2.42. The number of nitrogens with one attached hydrogen (secondary N) is 1. The van der Waals surface area contributed by atoms with E-state index < -0.39 is 0 Å². The van der Waals surface area contributed by atoms with Gasteiger partial charge in [0.05, 0.1) is 15.8 Å². The molecule has 0 amide bonds. The van der Waals surface area contributed by atoms with Crippen LogP contribution in [0, 0.1) is 14.9 Å². The van der Waals surface area contributed by atoms with Crippen molar-refractivity contribution >= 4 is 22.6 Å². The second-order valence-corrected chi connectivity index (χ2v) is 6.13. The predicted octanol–water partition coefficient (Wildman–Crippen LogP) is 2.30. The summed E-state index contributed by atoms with van der Waals surface area (Å²) in [5.41, 5.74) is -0.374. The standard InChI is InChI=1S/C12H17IN4/c1-12(9-14,16-11-3-4-11)5-2-6-17-8-10(13)7-15-17/h7-8,11,16H,2-6H2,1H3. The Hall–Kier alpha value is -0.610. The molecule has 0 bridgehead atoms. The first-order valence-corrected chi connectivity index (χ1v) is 7.06. The molecule has 1 atom stereocenters. The Bertz CT molecular complexity index is 418. The van der Waals surface area contributed by atoms with E-state index in [9.17, 15) is 5.26 Å². The fourth-order valence-electron chi connectivity index (χ4n) is 1.89. The minimum Gasteiger partial charge on any atom is -0.297 e. The van der Waals surface area contributed by atoms with Crippen LogP contribution in [0.15, 0.2) is 12.4 Å². The fraction of sp³-hybridized carbons (Fsp3) is 0.667. The summed E-state index contributed by atoms with van der Waals surface area (Å²) in [4.78, 5) is 0. The largest absolute Gasteiger partial charge is 0.297 e. The highest BCUT2D eigenvalue weighted by atomic mass is 127. The van der Waals surface area contributed by atoms with E-state index in [2.05, 4.69) is 39.1 Å².